The van der Waals surface area contributed by atoms with E-state index in [-0.39, 0.29) is 11.3 Å². The van der Waals surface area contributed by atoms with Gasteiger partial charge in [0, 0.05) is 36.3 Å². The zero-order valence-corrected chi connectivity index (χ0v) is 11.5. The van der Waals surface area contributed by atoms with Gasteiger partial charge >= 0.3 is 0 Å². The average molecular weight is 246 g/mol. The Morgan fingerprint density at radius 2 is 2.17 bits per heavy atom. The third kappa shape index (κ3) is 2.89. The molecule has 1 aromatic rings. The summed E-state index contributed by atoms with van der Waals surface area (Å²) in [5, 5.41) is 0. The smallest absolute Gasteiger partial charge is 0.227 e. The van der Waals surface area contributed by atoms with Crippen LogP contribution in [0.1, 0.15) is 45.2 Å². The Bertz CT molecular complexity index is 408. The van der Waals surface area contributed by atoms with Crippen molar-refractivity contribution in [1.29, 1.82) is 0 Å². The molecule has 1 aromatic heterocycles. The van der Waals surface area contributed by atoms with Crippen molar-refractivity contribution in [2.75, 3.05) is 13.1 Å². The van der Waals surface area contributed by atoms with Crippen LogP contribution in [0.2, 0.25) is 0 Å². The number of carbonyl (C=O) groups excluding carboxylic acids is 1. The minimum atomic E-state index is -0.286. The van der Waals surface area contributed by atoms with Gasteiger partial charge in [0.25, 0.3) is 0 Å². The molecule has 1 amide bonds. The molecule has 1 atom stereocenters. The average Bonchev–Trinajstić information content (AvgIpc) is 2.38. The highest BCUT2D eigenvalue weighted by atomic mass is 16.2. The lowest BCUT2D eigenvalue weighted by Crippen LogP contribution is -2.44. The fraction of sp³-hybridized carbons (Fsp3) is 0.600. The molecular weight excluding hydrogens is 224 g/mol. The quantitative estimate of drug-likeness (QED) is 0.763. The van der Waals surface area contributed by atoms with E-state index in [9.17, 15) is 4.79 Å². The number of pyridine rings is 1. The SMILES string of the molecule is CC(C)(C)C(=O)N1CCC[C@H](c2ccccn2)C1. The Labute approximate surface area is 109 Å². The Balaban J connectivity index is 2.08. The van der Waals surface area contributed by atoms with Crippen LogP contribution in [-0.4, -0.2) is 28.9 Å². The first-order chi connectivity index (χ1) is 8.48. The van der Waals surface area contributed by atoms with Crippen LogP contribution in [-0.2, 0) is 4.79 Å². The molecule has 0 bridgehead atoms. The van der Waals surface area contributed by atoms with E-state index < -0.39 is 0 Å². The van der Waals surface area contributed by atoms with Crippen LogP contribution in [0.4, 0.5) is 0 Å². The second kappa shape index (κ2) is 5.09. The second-order valence-corrected chi connectivity index (χ2v) is 6.09. The van der Waals surface area contributed by atoms with Crippen LogP contribution in [0.5, 0.6) is 0 Å². The third-order valence-electron chi connectivity index (χ3n) is 3.46. The summed E-state index contributed by atoms with van der Waals surface area (Å²) in [7, 11) is 0. The maximum atomic E-state index is 12.3. The Kier molecular flexibility index (Phi) is 3.69. The molecule has 3 heteroatoms. The fourth-order valence-corrected chi connectivity index (χ4v) is 2.49. The van der Waals surface area contributed by atoms with E-state index in [1.807, 2.05) is 44.0 Å². The van der Waals surface area contributed by atoms with E-state index in [1.54, 1.807) is 0 Å². The van der Waals surface area contributed by atoms with E-state index in [0.717, 1.165) is 31.6 Å². The molecule has 1 fully saturated rings. The van der Waals surface area contributed by atoms with Crippen molar-refractivity contribution >= 4 is 5.91 Å². The van der Waals surface area contributed by atoms with Crippen molar-refractivity contribution in [2.45, 2.75) is 39.5 Å². The summed E-state index contributed by atoms with van der Waals surface area (Å²) in [6.07, 6.45) is 4.04. The molecule has 2 heterocycles. The van der Waals surface area contributed by atoms with Crippen LogP contribution in [0.25, 0.3) is 0 Å². The van der Waals surface area contributed by atoms with Gasteiger partial charge in [0.2, 0.25) is 5.91 Å². The Morgan fingerprint density at radius 1 is 1.39 bits per heavy atom. The van der Waals surface area contributed by atoms with E-state index >= 15 is 0 Å². The number of carbonyl (C=O) groups is 1. The van der Waals surface area contributed by atoms with Gasteiger partial charge in [0.1, 0.15) is 0 Å². The summed E-state index contributed by atoms with van der Waals surface area (Å²) in [4.78, 5) is 18.7. The summed E-state index contributed by atoms with van der Waals surface area (Å²) in [5.41, 5.74) is 0.829. The van der Waals surface area contributed by atoms with Crippen LogP contribution in [0.3, 0.4) is 0 Å². The zero-order chi connectivity index (χ0) is 13.2. The maximum absolute atomic E-state index is 12.3. The largest absolute Gasteiger partial charge is 0.342 e. The topological polar surface area (TPSA) is 33.2 Å². The van der Waals surface area contributed by atoms with E-state index in [0.29, 0.717) is 5.92 Å². The highest BCUT2D eigenvalue weighted by Gasteiger charge is 2.31. The summed E-state index contributed by atoms with van der Waals surface area (Å²) in [6.45, 7) is 7.66. The molecule has 3 nitrogen and oxygen atoms in total. The zero-order valence-electron chi connectivity index (χ0n) is 11.5. The molecule has 0 saturated carbocycles. The number of aromatic nitrogens is 1. The van der Waals surface area contributed by atoms with E-state index in [4.69, 9.17) is 0 Å². The first kappa shape index (κ1) is 13.1. The highest BCUT2D eigenvalue weighted by Crippen LogP contribution is 2.28. The molecule has 0 aliphatic carbocycles. The lowest BCUT2D eigenvalue weighted by atomic mass is 9.90. The minimum absolute atomic E-state index is 0.253. The van der Waals surface area contributed by atoms with Gasteiger partial charge in [-0.15, -0.1) is 0 Å². The number of amides is 1. The van der Waals surface area contributed by atoms with Crippen molar-refractivity contribution in [2.24, 2.45) is 5.41 Å². The standard InChI is InChI=1S/C15H22N2O/c1-15(2,3)14(18)17-10-6-7-12(11-17)13-8-4-5-9-16-13/h4-5,8-9,12H,6-7,10-11H2,1-3H3/t12-/m0/s1. The number of hydrogen-bond donors (Lipinski definition) is 0. The first-order valence-corrected chi connectivity index (χ1v) is 6.69. The Morgan fingerprint density at radius 3 is 2.78 bits per heavy atom. The number of piperidine rings is 1. The fourth-order valence-electron chi connectivity index (χ4n) is 2.49. The summed E-state index contributed by atoms with van der Waals surface area (Å²) in [6, 6.07) is 6.02. The first-order valence-electron chi connectivity index (χ1n) is 6.69. The van der Waals surface area contributed by atoms with Crippen molar-refractivity contribution in [3.63, 3.8) is 0 Å². The summed E-state index contributed by atoms with van der Waals surface area (Å²) < 4.78 is 0. The molecule has 0 unspecified atom stereocenters. The molecular formula is C15H22N2O. The van der Waals surface area contributed by atoms with Gasteiger partial charge in [-0.25, -0.2) is 0 Å². The molecule has 0 spiro atoms. The van der Waals surface area contributed by atoms with E-state index in [1.165, 1.54) is 0 Å². The second-order valence-electron chi connectivity index (χ2n) is 6.09. The summed E-state index contributed by atoms with van der Waals surface area (Å²) >= 11 is 0. The van der Waals surface area contributed by atoms with E-state index in [2.05, 4.69) is 11.1 Å². The molecule has 2 rings (SSSR count). The van der Waals surface area contributed by atoms with Crippen molar-refractivity contribution in [3.05, 3.63) is 30.1 Å². The minimum Gasteiger partial charge on any atom is -0.342 e. The molecule has 1 saturated heterocycles. The summed E-state index contributed by atoms with van der Waals surface area (Å²) in [5.74, 6) is 0.648. The van der Waals surface area contributed by atoms with Gasteiger partial charge < -0.3 is 4.90 Å². The molecule has 1 aliphatic rings. The van der Waals surface area contributed by atoms with Crippen molar-refractivity contribution < 1.29 is 4.79 Å². The number of likely N-dealkylation sites (tertiary alicyclic amines) is 1. The third-order valence-corrected chi connectivity index (χ3v) is 3.46. The number of nitrogens with zero attached hydrogens (tertiary/aromatic N) is 2. The van der Waals surface area contributed by atoms with Gasteiger partial charge in [-0.3, -0.25) is 9.78 Å². The van der Waals surface area contributed by atoms with Crippen LogP contribution < -0.4 is 0 Å². The van der Waals surface area contributed by atoms with Gasteiger partial charge in [-0.1, -0.05) is 26.8 Å². The lowest BCUT2D eigenvalue weighted by molar-refractivity contribution is -0.140. The Hall–Kier alpha value is -1.38. The molecule has 0 aromatic carbocycles. The van der Waals surface area contributed by atoms with Gasteiger partial charge in [0.15, 0.2) is 0 Å². The van der Waals surface area contributed by atoms with Crippen molar-refractivity contribution in [1.82, 2.24) is 9.88 Å². The van der Waals surface area contributed by atoms with Crippen LogP contribution in [0.15, 0.2) is 24.4 Å². The number of rotatable bonds is 1. The lowest BCUT2D eigenvalue weighted by Gasteiger charge is -2.36. The molecule has 1 aliphatic heterocycles. The normalized spacial score (nSPS) is 20.8. The monoisotopic (exact) mass is 246 g/mol. The van der Waals surface area contributed by atoms with Gasteiger partial charge in [0.05, 0.1) is 0 Å². The van der Waals surface area contributed by atoms with Gasteiger partial charge in [-0.2, -0.15) is 0 Å². The highest BCUT2D eigenvalue weighted by molar-refractivity contribution is 5.81. The van der Waals surface area contributed by atoms with Crippen molar-refractivity contribution in [3.8, 4) is 0 Å². The predicted molar refractivity (Wildman–Crippen MR) is 72.2 cm³/mol. The number of hydrogen-bond acceptors (Lipinski definition) is 2. The molecule has 0 radical (unpaired) electrons. The molecule has 0 N–H and O–H groups in total. The predicted octanol–water partition coefficient (Wildman–Crippen LogP) is 2.83. The van der Waals surface area contributed by atoms with Crippen LogP contribution >= 0.6 is 0 Å². The maximum Gasteiger partial charge on any atom is 0.227 e. The van der Waals surface area contributed by atoms with Crippen LogP contribution in [0, 0.1) is 5.41 Å². The molecule has 18 heavy (non-hydrogen) atoms. The van der Waals surface area contributed by atoms with Gasteiger partial charge in [-0.05, 0) is 25.0 Å². The molecule has 98 valence electrons.